The molecule has 1 amide bonds. The monoisotopic (exact) mass is 311 g/mol. The number of hydrogen-bond acceptors (Lipinski definition) is 2. The average Bonchev–Trinajstić information content (AvgIpc) is 2.57. The molecular weight excluding hydrogens is 294 g/mol. The highest BCUT2D eigenvalue weighted by Crippen LogP contribution is 2.33. The van der Waals surface area contributed by atoms with E-state index in [1.807, 2.05) is 25.1 Å². The Balaban J connectivity index is 2.37. The molecule has 0 saturated heterocycles. The Morgan fingerprint density at radius 2 is 2.17 bits per heavy atom. The SMILES string of the molecule is CCC(N1Cc2cccc(Br)c2C1=O)C(C)(C)O. The van der Waals surface area contributed by atoms with Gasteiger partial charge >= 0.3 is 0 Å². The van der Waals surface area contributed by atoms with Crippen LogP contribution >= 0.6 is 15.9 Å². The fourth-order valence-electron chi connectivity index (χ4n) is 2.69. The molecule has 1 atom stereocenters. The summed E-state index contributed by atoms with van der Waals surface area (Å²) in [5.74, 6) is 0.00597. The van der Waals surface area contributed by atoms with Gasteiger partial charge in [0.1, 0.15) is 0 Å². The first-order chi connectivity index (χ1) is 8.36. The third kappa shape index (κ3) is 2.19. The second kappa shape index (κ2) is 4.67. The third-order valence-corrected chi connectivity index (χ3v) is 4.15. The number of carbonyl (C=O) groups excluding carboxylic acids is 1. The van der Waals surface area contributed by atoms with Gasteiger partial charge in [0.05, 0.1) is 17.2 Å². The Morgan fingerprint density at radius 1 is 1.50 bits per heavy atom. The van der Waals surface area contributed by atoms with Crippen molar-refractivity contribution in [3.8, 4) is 0 Å². The summed E-state index contributed by atoms with van der Waals surface area (Å²) in [5, 5.41) is 10.2. The van der Waals surface area contributed by atoms with E-state index in [2.05, 4.69) is 15.9 Å². The normalized spacial score (nSPS) is 16.9. The predicted molar refractivity (Wildman–Crippen MR) is 74.4 cm³/mol. The first-order valence-electron chi connectivity index (χ1n) is 6.17. The van der Waals surface area contributed by atoms with Gasteiger partial charge in [-0.05, 0) is 47.8 Å². The summed E-state index contributed by atoms with van der Waals surface area (Å²) < 4.78 is 0.832. The Labute approximate surface area is 116 Å². The van der Waals surface area contributed by atoms with Crippen LogP contribution in [0, 0.1) is 0 Å². The zero-order valence-electron chi connectivity index (χ0n) is 10.9. The standard InChI is InChI=1S/C14H18BrNO2/c1-4-11(14(2,3)18)16-8-9-6-5-7-10(15)12(9)13(16)17/h5-7,11,18H,4,8H2,1-3H3. The van der Waals surface area contributed by atoms with Gasteiger partial charge in [-0.1, -0.05) is 19.1 Å². The van der Waals surface area contributed by atoms with Gasteiger partial charge in [-0.15, -0.1) is 0 Å². The van der Waals surface area contributed by atoms with Crippen LogP contribution in [-0.2, 0) is 6.54 Å². The van der Waals surface area contributed by atoms with Crippen molar-refractivity contribution in [1.29, 1.82) is 0 Å². The lowest BCUT2D eigenvalue weighted by Crippen LogP contribution is -2.49. The van der Waals surface area contributed by atoms with Crippen LogP contribution in [-0.4, -0.2) is 27.6 Å². The van der Waals surface area contributed by atoms with Gasteiger partial charge in [0.15, 0.2) is 0 Å². The van der Waals surface area contributed by atoms with Crippen LogP contribution in [0.1, 0.15) is 43.1 Å². The second-order valence-corrected chi connectivity index (χ2v) is 6.14. The predicted octanol–water partition coefficient (Wildman–Crippen LogP) is 2.95. The molecule has 1 unspecified atom stereocenters. The number of rotatable bonds is 3. The maximum atomic E-state index is 12.4. The van der Waals surface area contributed by atoms with Gasteiger partial charge in [-0.2, -0.15) is 0 Å². The number of carbonyl (C=O) groups is 1. The van der Waals surface area contributed by atoms with Gasteiger partial charge in [0, 0.05) is 11.0 Å². The van der Waals surface area contributed by atoms with E-state index in [9.17, 15) is 9.90 Å². The molecule has 98 valence electrons. The summed E-state index contributed by atoms with van der Waals surface area (Å²) in [5.41, 5.74) is 0.871. The number of fused-ring (bicyclic) bond motifs is 1. The molecule has 0 aliphatic carbocycles. The molecule has 1 aromatic carbocycles. The Kier molecular flexibility index (Phi) is 3.52. The van der Waals surface area contributed by atoms with Crippen molar-refractivity contribution in [3.05, 3.63) is 33.8 Å². The zero-order valence-corrected chi connectivity index (χ0v) is 12.5. The van der Waals surface area contributed by atoms with Crippen molar-refractivity contribution in [2.75, 3.05) is 0 Å². The number of amides is 1. The molecule has 0 saturated carbocycles. The summed E-state index contributed by atoms with van der Waals surface area (Å²) in [7, 11) is 0. The molecule has 1 aliphatic rings. The lowest BCUT2D eigenvalue weighted by Gasteiger charge is -2.36. The molecule has 0 radical (unpaired) electrons. The van der Waals surface area contributed by atoms with E-state index in [1.165, 1.54) is 0 Å². The van der Waals surface area contributed by atoms with Crippen LogP contribution in [0.15, 0.2) is 22.7 Å². The lowest BCUT2D eigenvalue weighted by atomic mass is 9.95. The molecule has 1 aromatic rings. The molecule has 2 rings (SSSR count). The molecule has 0 bridgehead atoms. The molecule has 3 nitrogen and oxygen atoms in total. The van der Waals surface area contributed by atoms with Crippen LogP contribution in [0.5, 0.6) is 0 Å². The fourth-order valence-corrected chi connectivity index (χ4v) is 3.27. The number of benzene rings is 1. The molecule has 1 aliphatic heterocycles. The number of nitrogens with zero attached hydrogens (tertiary/aromatic N) is 1. The van der Waals surface area contributed by atoms with E-state index >= 15 is 0 Å². The second-order valence-electron chi connectivity index (χ2n) is 5.28. The molecule has 0 aromatic heterocycles. The zero-order chi connectivity index (χ0) is 13.5. The van der Waals surface area contributed by atoms with Crippen LogP contribution in [0.2, 0.25) is 0 Å². The van der Waals surface area contributed by atoms with Gasteiger partial charge in [-0.25, -0.2) is 0 Å². The summed E-state index contributed by atoms with van der Waals surface area (Å²) in [4.78, 5) is 14.2. The number of aliphatic hydroxyl groups is 1. The van der Waals surface area contributed by atoms with E-state index in [-0.39, 0.29) is 11.9 Å². The van der Waals surface area contributed by atoms with Crippen LogP contribution < -0.4 is 0 Å². The van der Waals surface area contributed by atoms with E-state index in [1.54, 1.807) is 18.7 Å². The van der Waals surface area contributed by atoms with Crippen molar-refractivity contribution < 1.29 is 9.90 Å². The lowest BCUT2D eigenvalue weighted by molar-refractivity contribution is -0.0150. The topological polar surface area (TPSA) is 40.5 Å². The molecular formula is C14H18BrNO2. The van der Waals surface area contributed by atoms with Gasteiger partial charge in [-0.3, -0.25) is 4.79 Å². The maximum Gasteiger partial charge on any atom is 0.256 e. The summed E-state index contributed by atoms with van der Waals surface area (Å²) in [6.07, 6.45) is 0.737. The summed E-state index contributed by atoms with van der Waals surface area (Å²) >= 11 is 3.43. The molecule has 18 heavy (non-hydrogen) atoms. The maximum absolute atomic E-state index is 12.4. The van der Waals surface area contributed by atoms with Crippen LogP contribution in [0.25, 0.3) is 0 Å². The molecule has 1 N–H and O–H groups in total. The van der Waals surface area contributed by atoms with Crippen LogP contribution in [0.4, 0.5) is 0 Å². The smallest absolute Gasteiger partial charge is 0.256 e. The minimum Gasteiger partial charge on any atom is -0.388 e. The van der Waals surface area contributed by atoms with Crippen molar-refractivity contribution in [3.63, 3.8) is 0 Å². The Hall–Kier alpha value is -0.870. The first kappa shape index (κ1) is 13.6. The minimum absolute atomic E-state index is 0.00597. The van der Waals surface area contributed by atoms with Crippen molar-refractivity contribution in [1.82, 2.24) is 4.90 Å². The largest absolute Gasteiger partial charge is 0.388 e. The van der Waals surface area contributed by atoms with Gasteiger partial charge < -0.3 is 10.0 Å². The average molecular weight is 312 g/mol. The van der Waals surface area contributed by atoms with E-state index in [0.29, 0.717) is 6.54 Å². The van der Waals surface area contributed by atoms with Crippen molar-refractivity contribution >= 4 is 21.8 Å². The molecule has 0 fully saturated rings. The van der Waals surface area contributed by atoms with Gasteiger partial charge in [0.2, 0.25) is 0 Å². The van der Waals surface area contributed by atoms with E-state index in [4.69, 9.17) is 0 Å². The highest BCUT2D eigenvalue weighted by atomic mass is 79.9. The Morgan fingerprint density at radius 3 is 2.67 bits per heavy atom. The van der Waals surface area contributed by atoms with E-state index < -0.39 is 5.60 Å². The highest BCUT2D eigenvalue weighted by molar-refractivity contribution is 9.10. The third-order valence-electron chi connectivity index (χ3n) is 3.49. The molecule has 0 spiro atoms. The fraction of sp³-hybridized carbons (Fsp3) is 0.500. The summed E-state index contributed by atoms with van der Waals surface area (Å²) in [6, 6.07) is 5.62. The van der Waals surface area contributed by atoms with Crippen LogP contribution in [0.3, 0.4) is 0 Å². The first-order valence-corrected chi connectivity index (χ1v) is 6.96. The molecule has 4 heteroatoms. The van der Waals surface area contributed by atoms with E-state index in [0.717, 1.165) is 22.0 Å². The highest BCUT2D eigenvalue weighted by Gasteiger charge is 2.39. The van der Waals surface area contributed by atoms with Crippen molar-refractivity contribution in [2.45, 2.75) is 45.4 Å². The molecule has 1 heterocycles. The number of halogens is 1. The minimum atomic E-state index is -0.890. The quantitative estimate of drug-likeness (QED) is 0.932. The van der Waals surface area contributed by atoms with Gasteiger partial charge in [0.25, 0.3) is 5.91 Å². The van der Waals surface area contributed by atoms with Crippen molar-refractivity contribution in [2.24, 2.45) is 0 Å². The number of hydrogen-bond donors (Lipinski definition) is 1. The Bertz CT molecular complexity index is 479. The summed E-state index contributed by atoms with van der Waals surface area (Å²) in [6.45, 7) is 6.09.